The van der Waals surface area contributed by atoms with E-state index in [2.05, 4.69) is 20.7 Å². The topological polar surface area (TPSA) is 55.4 Å². The second-order valence-corrected chi connectivity index (χ2v) is 6.83. The van der Waals surface area contributed by atoms with E-state index in [1.807, 2.05) is 0 Å². The fourth-order valence-corrected chi connectivity index (χ4v) is 4.38. The van der Waals surface area contributed by atoms with Gasteiger partial charge >= 0.3 is 0 Å². The first-order chi connectivity index (χ1) is 8.97. The number of benzene rings is 1. The van der Waals surface area contributed by atoms with Crippen LogP contribution in [0.25, 0.3) is 0 Å². The van der Waals surface area contributed by atoms with Crippen LogP contribution < -0.4 is 4.72 Å². The molecule has 1 aromatic carbocycles. The summed E-state index contributed by atoms with van der Waals surface area (Å²) in [6, 6.07) is 5.00. The molecule has 19 heavy (non-hydrogen) atoms. The molecule has 1 aliphatic heterocycles. The van der Waals surface area contributed by atoms with Crippen molar-refractivity contribution in [1.29, 1.82) is 0 Å². The minimum atomic E-state index is -3.73. The van der Waals surface area contributed by atoms with Crippen LogP contribution >= 0.6 is 15.9 Å². The molecule has 7 heteroatoms. The molecule has 0 atom stereocenters. The number of hydrogen-bond acceptors (Lipinski definition) is 3. The molecule has 1 N–H and O–H groups in total. The third kappa shape index (κ3) is 3.53. The summed E-state index contributed by atoms with van der Waals surface area (Å²) in [5, 5.41) is 0.498. The summed E-state index contributed by atoms with van der Waals surface area (Å²) in [5.74, 6) is -0.567. The molecule has 0 amide bonds. The molecule has 2 rings (SSSR count). The van der Waals surface area contributed by atoms with Crippen molar-refractivity contribution in [3.05, 3.63) is 30.1 Å². The van der Waals surface area contributed by atoms with Gasteiger partial charge in [0.05, 0.1) is 4.90 Å². The number of alkyl halides is 1. The van der Waals surface area contributed by atoms with Gasteiger partial charge in [-0.15, -0.1) is 0 Å². The molecule has 0 spiro atoms. The lowest BCUT2D eigenvalue weighted by Gasteiger charge is -2.36. The van der Waals surface area contributed by atoms with E-state index in [4.69, 9.17) is 4.74 Å². The zero-order valence-electron chi connectivity index (χ0n) is 10.2. The standard InChI is InChI=1S/C12H15BrFNO3S/c13-9-12(4-6-18-7-5-12)15-19(16,17)11-3-1-2-10(14)8-11/h1-3,8,15H,4-7,9H2. The molecular weight excluding hydrogens is 337 g/mol. The predicted octanol–water partition coefficient (Wildman–Crippen LogP) is 2.05. The maximum absolute atomic E-state index is 13.1. The second-order valence-electron chi connectivity index (χ2n) is 4.59. The van der Waals surface area contributed by atoms with Gasteiger partial charge in [-0.25, -0.2) is 17.5 Å². The molecule has 1 heterocycles. The highest BCUT2D eigenvalue weighted by Crippen LogP contribution is 2.25. The molecule has 1 fully saturated rings. The summed E-state index contributed by atoms with van der Waals surface area (Å²) >= 11 is 3.35. The molecule has 1 aliphatic rings. The van der Waals surface area contributed by atoms with Gasteiger partial charge in [-0.3, -0.25) is 0 Å². The Kier molecular flexibility index (Phi) is 4.60. The van der Waals surface area contributed by atoms with Crippen molar-refractivity contribution in [3.63, 3.8) is 0 Å². The number of hydrogen-bond donors (Lipinski definition) is 1. The van der Waals surface area contributed by atoms with E-state index in [9.17, 15) is 12.8 Å². The van der Waals surface area contributed by atoms with Gasteiger partial charge in [-0.2, -0.15) is 0 Å². The Morgan fingerprint density at radius 2 is 2.05 bits per heavy atom. The van der Waals surface area contributed by atoms with Crippen LogP contribution in [0.3, 0.4) is 0 Å². The molecule has 106 valence electrons. The monoisotopic (exact) mass is 351 g/mol. The van der Waals surface area contributed by atoms with Gasteiger partial charge < -0.3 is 4.74 Å². The first kappa shape index (κ1) is 14.9. The maximum atomic E-state index is 13.1. The number of ether oxygens (including phenoxy) is 1. The molecule has 0 unspecified atom stereocenters. The molecule has 0 radical (unpaired) electrons. The van der Waals surface area contributed by atoms with Crippen molar-refractivity contribution < 1.29 is 17.5 Å². The highest BCUT2D eigenvalue weighted by molar-refractivity contribution is 9.09. The van der Waals surface area contributed by atoms with E-state index in [1.165, 1.54) is 18.2 Å². The molecule has 0 aliphatic carbocycles. The largest absolute Gasteiger partial charge is 0.381 e. The van der Waals surface area contributed by atoms with Crippen LogP contribution in [0.1, 0.15) is 12.8 Å². The number of halogens is 2. The van der Waals surface area contributed by atoms with Crippen LogP contribution in [0.15, 0.2) is 29.2 Å². The molecule has 1 aromatic rings. The Labute approximate surface area is 120 Å². The Morgan fingerprint density at radius 3 is 2.63 bits per heavy atom. The van der Waals surface area contributed by atoms with Gasteiger partial charge in [0.1, 0.15) is 5.82 Å². The lowest BCUT2D eigenvalue weighted by molar-refractivity contribution is 0.0557. The predicted molar refractivity (Wildman–Crippen MR) is 73.3 cm³/mol. The van der Waals surface area contributed by atoms with Crippen LogP contribution in [-0.2, 0) is 14.8 Å². The summed E-state index contributed by atoms with van der Waals surface area (Å²) in [6.07, 6.45) is 1.18. The molecule has 4 nitrogen and oxygen atoms in total. The Bertz CT molecular complexity index is 544. The average Bonchev–Trinajstić information content (AvgIpc) is 2.39. The normalized spacial score (nSPS) is 19.3. The highest BCUT2D eigenvalue weighted by Gasteiger charge is 2.36. The Morgan fingerprint density at radius 1 is 1.37 bits per heavy atom. The minimum absolute atomic E-state index is 0.0562. The van der Waals surface area contributed by atoms with E-state index in [-0.39, 0.29) is 4.90 Å². The van der Waals surface area contributed by atoms with Gasteiger partial charge in [0.2, 0.25) is 10.0 Å². The smallest absolute Gasteiger partial charge is 0.241 e. The number of sulfonamides is 1. The second kappa shape index (κ2) is 5.87. The van der Waals surface area contributed by atoms with E-state index < -0.39 is 21.4 Å². The Balaban J connectivity index is 2.25. The lowest BCUT2D eigenvalue weighted by Crippen LogP contribution is -2.53. The summed E-state index contributed by atoms with van der Waals surface area (Å²) in [4.78, 5) is -0.0562. The molecular formula is C12H15BrFNO3S. The summed E-state index contributed by atoms with van der Waals surface area (Å²) < 4.78 is 45.6. The SMILES string of the molecule is O=S(=O)(NC1(CBr)CCOCC1)c1cccc(F)c1. The third-order valence-corrected chi connectivity index (χ3v) is 5.81. The van der Waals surface area contributed by atoms with Crippen LogP contribution in [0.5, 0.6) is 0 Å². The van der Waals surface area contributed by atoms with Crippen LogP contribution in [0, 0.1) is 5.82 Å². The van der Waals surface area contributed by atoms with E-state index in [1.54, 1.807) is 0 Å². The third-order valence-electron chi connectivity index (χ3n) is 3.16. The van der Waals surface area contributed by atoms with Crippen molar-refractivity contribution in [2.45, 2.75) is 23.3 Å². The van der Waals surface area contributed by atoms with E-state index >= 15 is 0 Å². The number of rotatable bonds is 4. The average molecular weight is 352 g/mol. The van der Waals surface area contributed by atoms with Crippen LogP contribution in [0.4, 0.5) is 4.39 Å². The fourth-order valence-electron chi connectivity index (χ4n) is 2.00. The van der Waals surface area contributed by atoms with Crippen molar-refractivity contribution in [1.82, 2.24) is 4.72 Å². The molecule has 1 saturated heterocycles. The van der Waals surface area contributed by atoms with Crippen molar-refractivity contribution in [2.75, 3.05) is 18.5 Å². The lowest BCUT2D eigenvalue weighted by atomic mass is 9.94. The summed E-state index contributed by atoms with van der Waals surface area (Å²) in [6.45, 7) is 1.02. The zero-order chi connectivity index (χ0) is 13.9. The molecule has 0 saturated carbocycles. The van der Waals surface area contributed by atoms with Crippen molar-refractivity contribution >= 4 is 26.0 Å². The Hall–Kier alpha value is -0.500. The van der Waals surface area contributed by atoms with Gasteiger partial charge in [0.25, 0.3) is 0 Å². The molecule has 0 bridgehead atoms. The quantitative estimate of drug-likeness (QED) is 0.844. The maximum Gasteiger partial charge on any atom is 0.241 e. The van der Waals surface area contributed by atoms with Crippen molar-refractivity contribution in [2.24, 2.45) is 0 Å². The van der Waals surface area contributed by atoms with Crippen LogP contribution in [-0.4, -0.2) is 32.5 Å². The van der Waals surface area contributed by atoms with Crippen molar-refractivity contribution in [3.8, 4) is 0 Å². The summed E-state index contributed by atoms with van der Waals surface area (Å²) in [7, 11) is -3.73. The van der Waals surface area contributed by atoms with Gasteiger partial charge in [-0.1, -0.05) is 22.0 Å². The first-order valence-corrected chi connectivity index (χ1v) is 8.51. The van der Waals surface area contributed by atoms with E-state index in [0.717, 1.165) is 6.07 Å². The number of nitrogens with one attached hydrogen (secondary N) is 1. The summed E-state index contributed by atoms with van der Waals surface area (Å²) in [5.41, 5.74) is -0.566. The minimum Gasteiger partial charge on any atom is -0.381 e. The van der Waals surface area contributed by atoms with E-state index in [0.29, 0.717) is 31.4 Å². The first-order valence-electron chi connectivity index (χ1n) is 5.91. The van der Waals surface area contributed by atoms with Crippen LogP contribution in [0.2, 0.25) is 0 Å². The van der Waals surface area contributed by atoms with Gasteiger partial charge in [0, 0.05) is 24.1 Å². The fraction of sp³-hybridized carbons (Fsp3) is 0.500. The molecule has 0 aromatic heterocycles. The highest BCUT2D eigenvalue weighted by atomic mass is 79.9. The zero-order valence-corrected chi connectivity index (χ0v) is 12.6. The van der Waals surface area contributed by atoms with Gasteiger partial charge in [0.15, 0.2) is 0 Å². The van der Waals surface area contributed by atoms with Gasteiger partial charge in [-0.05, 0) is 31.0 Å².